The van der Waals surface area contributed by atoms with Crippen molar-refractivity contribution in [3.05, 3.63) is 45.4 Å². The van der Waals surface area contributed by atoms with E-state index in [0.717, 1.165) is 16.2 Å². The number of hydrogen-bond acceptors (Lipinski definition) is 5. The lowest BCUT2D eigenvalue weighted by Crippen LogP contribution is -2.15. The fourth-order valence-electron chi connectivity index (χ4n) is 1.19. The number of nitrogens with one attached hydrogen (secondary N) is 2. The number of carbonyl (C=O) groups is 1. The Morgan fingerprint density at radius 3 is 2.89 bits per heavy atom. The van der Waals surface area contributed by atoms with Crippen molar-refractivity contribution < 1.29 is 4.79 Å². The van der Waals surface area contributed by atoms with E-state index < -0.39 is 0 Å². The molecule has 2 heterocycles. The van der Waals surface area contributed by atoms with E-state index in [0.29, 0.717) is 11.0 Å². The Hall–Kier alpha value is -1.67. The molecular weight excluding hydrogens is 332 g/mol. The highest BCUT2D eigenvalue weighted by molar-refractivity contribution is 9.10. The molecule has 2 rings (SSSR count). The van der Waals surface area contributed by atoms with E-state index in [1.807, 2.05) is 0 Å². The van der Waals surface area contributed by atoms with Crippen molar-refractivity contribution in [2.75, 3.05) is 11.1 Å². The molecule has 0 spiro atoms. The number of thioether (sulfide) groups is 1. The molecule has 0 saturated carbocycles. The standard InChI is InChI=1S/C11H9BrN4O2S/c12-7-1-2-8(14-5-7)15-10(18)6-19-11-13-4-3-9(17)16-11/h1-5H,6H2,(H,13,16,17)(H,14,15,18). The zero-order valence-corrected chi connectivity index (χ0v) is 12.0. The second kappa shape index (κ2) is 6.48. The summed E-state index contributed by atoms with van der Waals surface area (Å²) in [6.45, 7) is 0. The molecule has 0 atom stereocenters. The molecule has 0 saturated heterocycles. The number of rotatable bonds is 4. The first-order chi connectivity index (χ1) is 9.13. The van der Waals surface area contributed by atoms with Crippen LogP contribution >= 0.6 is 27.7 Å². The van der Waals surface area contributed by atoms with Crippen molar-refractivity contribution in [3.63, 3.8) is 0 Å². The van der Waals surface area contributed by atoms with Crippen molar-refractivity contribution in [1.82, 2.24) is 15.0 Å². The molecule has 1 amide bonds. The van der Waals surface area contributed by atoms with Gasteiger partial charge in [0.25, 0.3) is 5.56 Å². The molecule has 2 N–H and O–H groups in total. The highest BCUT2D eigenvalue weighted by atomic mass is 79.9. The van der Waals surface area contributed by atoms with Crippen LogP contribution in [0.4, 0.5) is 5.82 Å². The summed E-state index contributed by atoms with van der Waals surface area (Å²) in [6, 6.07) is 4.79. The number of halogens is 1. The molecule has 0 aliphatic carbocycles. The molecule has 0 aromatic carbocycles. The third-order valence-electron chi connectivity index (χ3n) is 1.98. The van der Waals surface area contributed by atoms with E-state index in [1.54, 1.807) is 18.3 Å². The normalized spacial score (nSPS) is 10.2. The maximum Gasteiger partial charge on any atom is 0.251 e. The molecule has 0 aliphatic rings. The lowest BCUT2D eigenvalue weighted by Gasteiger charge is -2.03. The van der Waals surface area contributed by atoms with Gasteiger partial charge >= 0.3 is 0 Å². The molecule has 6 nitrogen and oxygen atoms in total. The number of hydrogen-bond donors (Lipinski definition) is 2. The van der Waals surface area contributed by atoms with Crippen molar-refractivity contribution in [2.45, 2.75) is 5.16 Å². The van der Waals surface area contributed by atoms with Crippen molar-refractivity contribution in [2.24, 2.45) is 0 Å². The molecule has 98 valence electrons. The zero-order valence-electron chi connectivity index (χ0n) is 9.59. The van der Waals surface area contributed by atoms with Gasteiger partial charge in [-0.05, 0) is 28.1 Å². The Balaban J connectivity index is 1.88. The number of aromatic nitrogens is 3. The number of nitrogens with zero attached hydrogens (tertiary/aromatic N) is 2. The topological polar surface area (TPSA) is 87.7 Å². The minimum atomic E-state index is -0.243. The average Bonchev–Trinajstić information content (AvgIpc) is 2.39. The van der Waals surface area contributed by atoms with Crippen LogP contribution in [0.5, 0.6) is 0 Å². The number of aromatic amines is 1. The predicted octanol–water partition coefficient (Wildman–Crippen LogP) is 1.66. The zero-order chi connectivity index (χ0) is 13.7. The third kappa shape index (κ3) is 4.49. The smallest absolute Gasteiger partial charge is 0.251 e. The minimum absolute atomic E-state index is 0.144. The van der Waals surface area contributed by atoms with Gasteiger partial charge in [-0.25, -0.2) is 9.97 Å². The monoisotopic (exact) mass is 340 g/mol. The Kier molecular flexibility index (Phi) is 4.69. The summed E-state index contributed by atoms with van der Waals surface area (Å²) < 4.78 is 0.839. The second-order valence-corrected chi connectivity index (χ2v) is 5.32. The number of amides is 1. The van der Waals surface area contributed by atoms with Crippen molar-refractivity contribution >= 4 is 39.4 Å². The van der Waals surface area contributed by atoms with Crippen LogP contribution in [0.1, 0.15) is 0 Å². The van der Waals surface area contributed by atoms with Crippen LogP contribution in [0.25, 0.3) is 0 Å². The van der Waals surface area contributed by atoms with E-state index in [-0.39, 0.29) is 17.2 Å². The van der Waals surface area contributed by atoms with Crippen LogP contribution in [-0.2, 0) is 4.79 Å². The first-order valence-electron chi connectivity index (χ1n) is 5.23. The van der Waals surface area contributed by atoms with E-state index in [9.17, 15) is 9.59 Å². The van der Waals surface area contributed by atoms with Crippen molar-refractivity contribution in [3.8, 4) is 0 Å². The van der Waals surface area contributed by atoms with Gasteiger partial charge in [0, 0.05) is 22.9 Å². The minimum Gasteiger partial charge on any atom is -0.310 e. The highest BCUT2D eigenvalue weighted by Crippen LogP contribution is 2.12. The fourth-order valence-corrected chi connectivity index (χ4v) is 2.07. The number of carbonyl (C=O) groups excluding carboxylic acids is 1. The number of pyridine rings is 1. The summed E-state index contributed by atoms with van der Waals surface area (Å²) >= 11 is 4.41. The summed E-state index contributed by atoms with van der Waals surface area (Å²) in [5.41, 5.74) is -0.243. The molecular formula is C11H9BrN4O2S. The SMILES string of the molecule is O=C(CSc1nccc(=O)[nH]1)Nc1ccc(Br)cn1. The molecule has 8 heteroatoms. The van der Waals surface area contributed by atoms with Gasteiger partial charge in [0.05, 0.1) is 5.75 Å². The van der Waals surface area contributed by atoms with Crippen LogP contribution in [0, 0.1) is 0 Å². The molecule has 0 bridgehead atoms. The Morgan fingerprint density at radius 1 is 1.37 bits per heavy atom. The van der Waals surface area contributed by atoms with Gasteiger partial charge in [-0.3, -0.25) is 9.59 Å². The fraction of sp³-hybridized carbons (Fsp3) is 0.0909. The Labute approximate surface area is 121 Å². The van der Waals surface area contributed by atoms with Gasteiger partial charge in [0.1, 0.15) is 5.82 Å². The summed E-state index contributed by atoms with van der Waals surface area (Å²) in [5, 5.41) is 3.05. The van der Waals surface area contributed by atoms with Crippen LogP contribution in [0.2, 0.25) is 0 Å². The summed E-state index contributed by atoms with van der Waals surface area (Å²) in [5.74, 6) is 0.402. The van der Waals surface area contributed by atoms with Gasteiger partial charge in [0.2, 0.25) is 5.91 Å². The van der Waals surface area contributed by atoms with Crippen LogP contribution in [0.15, 0.2) is 45.0 Å². The quantitative estimate of drug-likeness (QED) is 0.652. The summed E-state index contributed by atoms with van der Waals surface area (Å²) in [4.78, 5) is 33.2. The van der Waals surface area contributed by atoms with Gasteiger partial charge in [-0.15, -0.1) is 0 Å². The molecule has 0 radical (unpaired) electrons. The maximum atomic E-state index is 11.7. The molecule has 0 aliphatic heterocycles. The summed E-state index contributed by atoms with van der Waals surface area (Å²) in [6.07, 6.45) is 2.99. The van der Waals surface area contributed by atoms with Crippen LogP contribution < -0.4 is 10.9 Å². The third-order valence-corrected chi connectivity index (χ3v) is 3.34. The van der Waals surface area contributed by atoms with E-state index in [1.165, 1.54) is 12.3 Å². The van der Waals surface area contributed by atoms with Gasteiger partial charge in [-0.1, -0.05) is 11.8 Å². The van der Waals surface area contributed by atoms with Crippen LogP contribution in [-0.4, -0.2) is 26.6 Å². The lowest BCUT2D eigenvalue weighted by molar-refractivity contribution is -0.113. The van der Waals surface area contributed by atoms with E-state index in [2.05, 4.69) is 36.2 Å². The molecule has 0 fully saturated rings. The maximum absolute atomic E-state index is 11.7. The molecule has 2 aromatic rings. The largest absolute Gasteiger partial charge is 0.310 e. The van der Waals surface area contributed by atoms with Crippen molar-refractivity contribution in [1.29, 1.82) is 0 Å². The van der Waals surface area contributed by atoms with Gasteiger partial charge in [-0.2, -0.15) is 0 Å². The lowest BCUT2D eigenvalue weighted by atomic mass is 10.4. The Bertz CT molecular complexity index is 629. The molecule has 2 aromatic heterocycles. The number of H-pyrrole nitrogens is 1. The van der Waals surface area contributed by atoms with Gasteiger partial charge in [0.15, 0.2) is 5.16 Å². The second-order valence-electron chi connectivity index (χ2n) is 3.44. The van der Waals surface area contributed by atoms with Gasteiger partial charge < -0.3 is 10.3 Å². The highest BCUT2D eigenvalue weighted by Gasteiger charge is 2.05. The number of anilines is 1. The average molecular weight is 341 g/mol. The predicted molar refractivity (Wildman–Crippen MR) is 76.1 cm³/mol. The molecule has 19 heavy (non-hydrogen) atoms. The van der Waals surface area contributed by atoms with E-state index in [4.69, 9.17) is 0 Å². The first kappa shape index (κ1) is 13.8. The summed E-state index contributed by atoms with van der Waals surface area (Å²) in [7, 11) is 0. The molecule has 0 unspecified atom stereocenters. The van der Waals surface area contributed by atoms with E-state index >= 15 is 0 Å². The Morgan fingerprint density at radius 2 is 2.21 bits per heavy atom. The van der Waals surface area contributed by atoms with Crippen LogP contribution in [0.3, 0.4) is 0 Å². The first-order valence-corrected chi connectivity index (χ1v) is 7.01.